The molecule has 0 fully saturated rings. The van der Waals surface area contributed by atoms with Crippen LogP contribution in [0.1, 0.15) is 16.8 Å². The van der Waals surface area contributed by atoms with Gasteiger partial charge in [0.25, 0.3) is 0 Å². The number of methoxy groups -OCH3 is 1. The first-order chi connectivity index (χ1) is 14.3. The van der Waals surface area contributed by atoms with Crippen molar-refractivity contribution in [2.45, 2.75) is 17.2 Å². The zero-order valence-electron chi connectivity index (χ0n) is 16.2. The van der Waals surface area contributed by atoms with Crippen molar-refractivity contribution >= 4 is 11.8 Å². The molecule has 0 bridgehead atoms. The van der Waals surface area contributed by atoms with E-state index in [-0.39, 0.29) is 0 Å². The monoisotopic (exact) mass is 399 g/mol. The normalized spacial score (nSPS) is 10.7. The molecule has 5 heteroatoms. The average Bonchev–Trinajstić information content (AvgIpc) is 2.80. The van der Waals surface area contributed by atoms with Crippen LogP contribution in [-0.2, 0) is 12.2 Å². The van der Waals surface area contributed by atoms with Gasteiger partial charge in [-0.2, -0.15) is 0 Å². The molecule has 0 N–H and O–H groups in total. The fourth-order valence-corrected chi connectivity index (χ4v) is 3.83. The Hall–Kier alpha value is -3.18. The van der Waals surface area contributed by atoms with Gasteiger partial charge < -0.3 is 4.74 Å². The molecular weight excluding hydrogens is 378 g/mol. The van der Waals surface area contributed by atoms with Crippen LogP contribution in [0.2, 0.25) is 0 Å². The summed E-state index contributed by atoms with van der Waals surface area (Å²) in [5.74, 6) is 2.33. The second-order valence-corrected chi connectivity index (χ2v) is 7.52. The molecule has 0 amide bonds. The van der Waals surface area contributed by atoms with Crippen LogP contribution in [0.25, 0.3) is 11.4 Å². The summed E-state index contributed by atoms with van der Waals surface area (Å²) in [7, 11) is 1.67. The summed E-state index contributed by atoms with van der Waals surface area (Å²) >= 11 is 1.67. The first-order valence-electron chi connectivity index (χ1n) is 9.40. The third kappa shape index (κ3) is 5.00. The van der Waals surface area contributed by atoms with Crippen molar-refractivity contribution in [1.29, 1.82) is 0 Å². The summed E-state index contributed by atoms with van der Waals surface area (Å²) in [5.41, 5.74) is 4.31. The predicted octanol–water partition coefficient (Wildman–Crippen LogP) is 5.43. The molecule has 1 heterocycles. The lowest BCUT2D eigenvalue weighted by atomic mass is 10.1. The Labute approximate surface area is 175 Å². The van der Waals surface area contributed by atoms with E-state index in [1.54, 1.807) is 18.9 Å². The van der Waals surface area contributed by atoms with E-state index in [0.717, 1.165) is 33.3 Å². The van der Waals surface area contributed by atoms with Gasteiger partial charge in [-0.25, -0.2) is 4.98 Å². The summed E-state index contributed by atoms with van der Waals surface area (Å²) in [5, 5.41) is 9.78. The average molecular weight is 400 g/mol. The van der Waals surface area contributed by atoms with Gasteiger partial charge in [-0.15, -0.1) is 10.2 Å². The van der Waals surface area contributed by atoms with Crippen molar-refractivity contribution in [3.05, 3.63) is 102 Å². The smallest absolute Gasteiger partial charge is 0.182 e. The second kappa shape index (κ2) is 9.34. The molecule has 0 unspecified atom stereocenters. The van der Waals surface area contributed by atoms with E-state index in [1.165, 1.54) is 5.56 Å². The van der Waals surface area contributed by atoms with Gasteiger partial charge in [0.2, 0.25) is 0 Å². The Morgan fingerprint density at radius 2 is 1.45 bits per heavy atom. The summed E-state index contributed by atoms with van der Waals surface area (Å²) in [6.07, 6.45) is 0.691. The van der Waals surface area contributed by atoms with E-state index in [1.807, 2.05) is 48.5 Å². The Balaban J connectivity index is 1.63. The van der Waals surface area contributed by atoms with Crippen molar-refractivity contribution < 1.29 is 4.74 Å². The van der Waals surface area contributed by atoms with Gasteiger partial charge in [0.1, 0.15) is 10.8 Å². The fourth-order valence-electron chi connectivity index (χ4n) is 2.95. The van der Waals surface area contributed by atoms with E-state index in [4.69, 9.17) is 9.72 Å². The van der Waals surface area contributed by atoms with Crippen molar-refractivity contribution in [2.75, 3.05) is 7.11 Å². The van der Waals surface area contributed by atoms with Crippen LogP contribution in [0.3, 0.4) is 0 Å². The van der Waals surface area contributed by atoms with Gasteiger partial charge in [-0.1, -0.05) is 84.6 Å². The molecule has 4 rings (SSSR count). The summed E-state index contributed by atoms with van der Waals surface area (Å²) < 4.78 is 5.27. The van der Waals surface area contributed by atoms with Crippen LogP contribution >= 0.6 is 11.8 Å². The number of nitrogens with zero attached hydrogens (tertiary/aromatic N) is 3. The van der Waals surface area contributed by atoms with E-state index in [2.05, 4.69) is 46.6 Å². The van der Waals surface area contributed by atoms with Crippen LogP contribution < -0.4 is 4.74 Å². The molecule has 144 valence electrons. The lowest BCUT2D eigenvalue weighted by Crippen LogP contribution is -2.03. The van der Waals surface area contributed by atoms with Crippen LogP contribution in [0, 0.1) is 0 Å². The fraction of sp³-hybridized carbons (Fsp3) is 0.125. The lowest BCUT2D eigenvalue weighted by molar-refractivity contribution is 0.414. The SMILES string of the molecule is COc1ccc(Cc2nc(-c3ccccc3)nnc2SCc2ccccc2)cc1. The molecular formula is C24H21N3OS. The van der Waals surface area contributed by atoms with Crippen molar-refractivity contribution in [3.63, 3.8) is 0 Å². The largest absolute Gasteiger partial charge is 0.497 e. The van der Waals surface area contributed by atoms with Crippen molar-refractivity contribution in [3.8, 4) is 17.1 Å². The van der Waals surface area contributed by atoms with Crippen LogP contribution in [0.5, 0.6) is 5.75 Å². The zero-order chi connectivity index (χ0) is 19.9. The highest BCUT2D eigenvalue weighted by Crippen LogP contribution is 2.27. The minimum absolute atomic E-state index is 0.651. The highest BCUT2D eigenvalue weighted by Gasteiger charge is 2.12. The summed E-state index contributed by atoms with van der Waals surface area (Å²) in [4.78, 5) is 4.87. The Bertz CT molecular complexity index is 1050. The molecule has 0 saturated carbocycles. The molecule has 0 aliphatic rings. The van der Waals surface area contributed by atoms with Gasteiger partial charge in [0, 0.05) is 17.7 Å². The maximum absolute atomic E-state index is 5.27. The number of hydrogen-bond acceptors (Lipinski definition) is 5. The first-order valence-corrected chi connectivity index (χ1v) is 10.4. The molecule has 3 aromatic carbocycles. The first kappa shape index (κ1) is 19.2. The molecule has 4 nitrogen and oxygen atoms in total. The summed E-state index contributed by atoms with van der Waals surface area (Å²) in [6.45, 7) is 0. The van der Waals surface area contributed by atoms with Gasteiger partial charge in [-0.05, 0) is 23.3 Å². The number of thioether (sulfide) groups is 1. The quantitative estimate of drug-likeness (QED) is 0.388. The number of ether oxygens (including phenoxy) is 1. The van der Waals surface area contributed by atoms with Gasteiger partial charge in [0.15, 0.2) is 5.82 Å². The topological polar surface area (TPSA) is 47.9 Å². The van der Waals surface area contributed by atoms with Crippen LogP contribution in [-0.4, -0.2) is 22.3 Å². The second-order valence-electron chi connectivity index (χ2n) is 6.55. The molecule has 0 atom stereocenters. The van der Waals surface area contributed by atoms with Crippen LogP contribution in [0.15, 0.2) is 90.0 Å². The third-order valence-corrected chi connectivity index (χ3v) is 5.57. The Kier molecular flexibility index (Phi) is 6.17. The Morgan fingerprint density at radius 3 is 2.14 bits per heavy atom. The molecule has 0 aliphatic carbocycles. The molecule has 29 heavy (non-hydrogen) atoms. The van der Waals surface area contributed by atoms with E-state index >= 15 is 0 Å². The standard InChI is InChI=1S/C24H21N3OS/c1-28-21-14-12-18(13-15-21)16-22-24(29-17-19-8-4-2-5-9-19)27-26-23(25-22)20-10-6-3-7-11-20/h2-15H,16-17H2,1H3. The van der Waals surface area contributed by atoms with E-state index in [0.29, 0.717) is 12.2 Å². The van der Waals surface area contributed by atoms with Gasteiger partial charge in [0.05, 0.1) is 12.8 Å². The molecule has 4 aromatic rings. The number of hydrogen-bond donors (Lipinski definition) is 0. The lowest BCUT2D eigenvalue weighted by Gasteiger charge is -2.10. The summed E-state index contributed by atoms with van der Waals surface area (Å²) in [6, 6.07) is 28.4. The van der Waals surface area contributed by atoms with Crippen molar-refractivity contribution in [2.24, 2.45) is 0 Å². The van der Waals surface area contributed by atoms with Gasteiger partial charge >= 0.3 is 0 Å². The highest BCUT2D eigenvalue weighted by molar-refractivity contribution is 7.98. The molecule has 1 aromatic heterocycles. The minimum atomic E-state index is 0.651. The molecule has 0 radical (unpaired) electrons. The van der Waals surface area contributed by atoms with Crippen LogP contribution in [0.4, 0.5) is 0 Å². The Morgan fingerprint density at radius 1 is 0.759 bits per heavy atom. The maximum atomic E-state index is 5.27. The minimum Gasteiger partial charge on any atom is -0.497 e. The van der Waals surface area contributed by atoms with Gasteiger partial charge in [-0.3, -0.25) is 0 Å². The van der Waals surface area contributed by atoms with Crippen molar-refractivity contribution in [1.82, 2.24) is 15.2 Å². The number of benzene rings is 3. The predicted molar refractivity (Wildman–Crippen MR) is 117 cm³/mol. The number of aromatic nitrogens is 3. The molecule has 0 aliphatic heterocycles. The molecule has 0 saturated heterocycles. The maximum Gasteiger partial charge on any atom is 0.182 e. The zero-order valence-corrected chi connectivity index (χ0v) is 17.0. The third-order valence-electron chi connectivity index (χ3n) is 4.50. The van der Waals surface area contributed by atoms with E-state index < -0.39 is 0 Å². The highest BCUT2D eigenvalue weighted by atomic mass is 32.2. The van der Waals surface area contributed by atoms with E-state index in [9.17, 15) is 0 Å². The number of rotatable bonds is 7. The molecule has 0 spiro atoms.